The second-order valence-electron chi connectivity index (χ2n) is 19.4. The Hall–Kier alpha value is -7.38. The summed E-state index contributed by atoms with van der Waals surface area (Å²) in [5.74, 6) is -13.4. The van der Waals surface area contributed by atoms with Gasteiger partial charge < -0.3 is 74.6 Å². The van der Waals surface area contributed by atoms with E-state index in [2.05, 4.69) is 47.9 Å². The van der Waals surface area contributed by atoms with Crippen LogP contribution in [0.5, 0.6) is 5.75 Å². The summed E-state index contributed by atoms with van der Waals surface area (Å²) in [6.07, 6.45) is 2.46. The molecule has 26 heteroatoms. The largest absolute Gasteiger partial charge is 0.508 e. The standard InChI is InChI=1S/C49H79N11O15/c1-25(2)20-35(49(74)75)58-46(71)34(23-39(65)66)56-45(70)33(22-36(51)62)57-47(72)40(26(3)4)60-48(73)41(27(5)6)59-43(68)29(8)53-38(64)24-52-42(67)28(7)54-44(69)32(21-30-15-17-31(61)18-16-30)55-37(63)14-12-10-9-11-13-19-50/h15-18,25-29,32-35,40-41,61H,9-14,19-24,50H2,1-8H3,(H2,51,62)(H,52,67)(H,53,64)(H,54,69)(H,55,63)(H,56,70)(H,57,72)(H,58,71)(H,59,68)(H,60,73)(H,65,66)(H,74,75)/t28-,29-,32-,33-,34-,35-,40-,41-/m0/s1. The van der Waals surface area contributed by atoms with E-state index < -0.39 is 145 Å². The Labute approximate surface area is 436 Å². The maximum atomic E-state index is 13.7. The van der Waals surface area contributed by atoms with Crippen molar-refractivity contribution in [2.75, 3.05) is 13.1 Å². The number of carboxylic acids is 2. The molecule has 1 rings (SSSR count). The molecule has 0 aliphatic heterocycles. The zero-order valence-electron chi connectivity index (χ0n) is 44.0. The normalized spacial score (nSPS) is 14.3. The molecule has 0 aromatic heterocycles. The van der Waals surface area contributed by atoms with E-state index in [0.29, 0.717) is 18.5 Å². The summed E-state index contributed by atoms with van der Waals surface area (Å²) in [6, 6.07) is -5.40. The number of carbonyl (C=O) groups is 12. The van der Waals surface area contributed by atoms with Gasteiger partial charge in [0.15, 0.2) is 0 Å². The highest BCUT2D eigenvalue weighted by molar-refractivity contribution is 5.99. The second kappa shape index (κ2) is 33.4. The molecule has 0 saturated carbocycles. The van der Waals surface area contributed by atoms with Crippen molar-refractivity contribution in [3.8, 4) is 5.75 Å². The summed E-state index contributed by atoms with van der Waals surface area (Å²) in [4.78, 5) is 155. The number of aromatic hydroxyl groups is 1. The number of carbonyl (C=O) groups excluding carboxylic acids is 10. The van der Waals surface area contributed by atoms with Crippen molar-refractivity contribution < 1.29 is 72.9 Å². The average Bonchev–Trinajstić information content (AvgIpc) is 3.31. The number of hydrogen-bond donors (Lipinski definition) is 14. The minimum absolute atomic E-state index is 0.00541. The molecule has 0 radical (unpaired) electrons. The Bertz CT molecular complexity index is 2140. The first kappa shape index (κ1) is 65.6. The number of phenolic OH excluding ortho intramolecular Hbond substituents is 1. The van der Waals surface area contributed by atoms with Crippen LogP contribution in [0.2, 0.25) is 0 Å². The number of amides is 10. The van der Waals surface area contributed by atoms with Crippen molar-refractivity contribution in [3.05, 3.63) is 29.8 Å². The maximum Gasteiger partial charge on any atom is 0.326 e. The van der Waals surface area contributed by atoms with Gasteiger partial charge in [0.2, 0.25) is 59.1 Å². The number of unbranched alkanes of at least 4 members (excludes halogenated alkanes) is 4. The molecule has 10 amide bonds. The van der Waals surface area contributed by atoms with Crippen molar-refractivity contribution in [1.82, 2.24) is 47.9 Å². The minimum Gasteiger partial charge on any atom is -0.508 e. The van der Waals surface area contributed by atoms with Gasteiger partial charge in [-0.05, 0) is 75.1 Å². The molecule has 0 bridgehead atoms. The molecule has 0 spiro atoms. The molecule has 1 aromatic carbocycles. The van der Waals surface area contributed by atoms with Gasteiger partial charge in [0.25, 0.3) is 0 Å². The van der Waals surface area contributed by atoms with Crippen LogP contribution in [0.4, 0.5) is 0 Å². The molecule has 1 aromatic rings. The van der Waals surface area contributed by atoms with Gasteiger partial charge in [-0.15, -0.1) is 0 Å². The van der Waals surface area contributed by atoms with Crippen LogP contribution in [0.15, 0.2) is 24.3 Å². The van der Waals surface area contributed by atoms with Gasteiger partial charge in [0.05, 0.1) is 19.4 Å². The van der Waals surface area contributed by atoms with E-state index >= 15 is 0 Å². The number of benzene rings is 1. The Morgan fingerprint density at radius 2 is 0.987 bits per heavy atom. The lowest BCUT2D eigenvalue weighted by Gasteiger charge is -2.29. The number of phenols is 1. The molecule has 0 unspecified atom stereocenters. The van der Waals surface area contributed by atoms with Gasteiger partial charge in [-0.2, -0.15) is 0 Å². The quantitative estimate of drug-likeness (QED) is 0.0329. The Balaban J connectivity index is 3.00. The number of hydrogen-bond acceptors (Lipinski definition) is 14. The summed E-state index contributed by atoms with van der Waals surface area (Å²) in [5, 5.41) is 50.4. The predicted molar refractivity (Wildman–Crippen MR) is 271 cm³/mol. The van der Waals surface area contributed by atoms with E-state index in [1.54, 1.807) is 39.8 Å². The first-order valence-corrected chi connectivity index (χ1v) is 25.0. The first-order chi connectivity index (χ1) is 35.1. The van der Waals surface area contributed by atoms with Crippen molar-refractivity contribution in [2.24, 2.45) is 29.2 Å². The Kier molecular flexibility index (Phi) is 29.3. The zero-order valence-corrected chi connectivity index (χ0v) is 44.0. The van der Waals surface area contributed by atoms with Crippen LogP contribution in [0.1, 0.15) is 119 Å². The van der Waals surface area contributed by atoms with Gasteiger partial charge in [-0.1, -0.05) is 72.9 Å². The van der Waals surface area contributed by atoms with Crippen molar-refractivity contribution >= 4 is 71.0 Å². The molecule has 0 saturated heterocycles. The van der Waals surface area contributed by atoms with Crippen LogP contribution in [0, 0.1) is 17.8 Å². The molecule has 75 heavy (non-hydrogen) atoms. The highest BCUT2D eigenvalue weighted by Crippen LogP contribution is 2.14. The van der Waals surface area contributed by atoms with Crippen LogP contribution in [0.25, 0.3) is 0 Å². The Morgan fingerprint density at radius 3 is 1.51 bits per heavy atom. The number of nitrogens with two attached hydrogens (primary N) is 2. The fourth-order valence-corrected chi connectivity index (χ4v) is 7.25. The molecular formula is C49H79N11O15. The molecule has 26 nitrogen and oxygen atoms in total. The number of primary amides is 1. The molecular weight excluding hydrogens is 983 g/mol. The SMILES string of the molecule is CC(C)C[C@H](NC(=O)[C@H](CC(=O)O)NC(=O)[C@H](CC(N)=O)NC(=O)[C@@H](NC(=O)[C@@H](NC(=O)[C@H](C)NC(=O)CNC(=O)[C@H](C)NC(=O)[C@H](Cc1ccc(O)cc1)NC(=O)CCCCCCCN)C(C)C)C(C)C)C(=O)O. The summed E-state index contributed by atoms with van der Waals surface area (Å²) in [6.45, 7) is 12.2. The summed E-state index contributed by atoms with van der Waals surface area (Å²) in [7, 11) is 0. The monoisotopic (exact) mass is 1060 g/mol. The summed E-state index contributed by atoms with van der Waals surface area (Å²) < 4.78 is 0. The topological polar surface area (TPSA) is 426 Å². The van der Waals surface area contributed by atoms with E-state index in [9.17, 15) is 72.9 Å². The average molecular weight is 1060 g/mol. The van der Waals surface area contributed by atoms with Gasteiger partial charge in [-0.3, -0.25) is 52.7 Å². The van der Waals surface area contributed by atoms with Gasteiger partial charge in [-0.25, -0.2) is 4.79 Å². The summed E-state index contributed by atoms with van der Waals surface area (Å²) in [5.41, 5.74) is 11.5. The lowest BCUT2D eigenvalue weighted by molar-refractivity contribution is -0.144. The highest BCUT2D eigenvalue weighted by atomic mass is 16.4. The molecule has 0 aliphatic carbocycles. The molecule has 0 heterocycles. The number of nitrogens with one attached hydrogen (secondary N) is 9. The lowest BCUT2D eigenvalue weighted by Crippen LogP contribution is -2.61. The molecule has 8 atom stereocenters. The smallest absolute Gasteiger partial charge is 0.326 e. The lowest BCUT2D eigenvalue weighted by atomic mass is 9.99. The van der Waals surface area contributed by atoms with E-state index in [1.165, 1.54) is 39.8 Å². The predicted octanol–water partition coefficient (Wildman–Crippen LogP) is -1.94. The number of aliphatic carboxylic acids is 2. The Morgan fingerprint density at radius 1 is 0.507 bits per heavy atom. The van der Waals surface area contributed by atoms with Gasteiger partial charge >= 0.3 is 11.9 Å². The number of carboxylic acid groups (broad SMARTS) is 2. The first-order valence-electron chi connectivity index (χ1n) is 25.0. The zero-order chi connectivity index (χ0) is 57.1. The third-order valence-corrected chi connectivity index (χ3v) is 11.4. The molecule has 0 aliphatic rings. The van der Waals surface area contributed by atoms with Crippen LogP contribution in [-0.4, -0.2) is 148 Å². The van der Waals surface area contributed by atoms with E-state index in [-0.39, 0.29) is 36.8 Å². The van der Waals surface area contributed by atoms with Crippen LogP contribution in [0.3, 0.4) is 0 Å². The van der Waals surface area contributed by atoms with E-state index in [1.807, 2.05) is 0 Å². The van der Waals surface area contributed by atoms with Gasteiger partial charge in [0, 0.05) is 12.8 Å². The third kappa shape index (κ3) is 25.9. The van der Waals surface area contributed by atoms with E-state index in [4.69, 9.17) is 11.5 Å². The van der Waals surface area contributed by atoms with Crippen molar-refractivity contribution in [1.29, 1.82) is 0 Å². The molecule has 420 valence electrons. The van der Waals surface area contributed by atoms with Crippen molar-refractivity contribution in [2.45, 2.75) is 168 Å². The van der Waals surface area contributed by atoms with Gasteiger partial charge in [0.1, 0.15) is 54.1 Å². The van der Waals surface area contributed by atoms with E-state index in [0.717, 1.165) is 25.7 Å². The van der Waals surface area contributed by atoms with Crippen LogP contribution < -0.4 is 59.3 Å². The third-order valence-electron chi connectivity index (χ3n) is 11.4. The molecule has 16 N–H and O–H groups in total. The fourth-order valence-electron chi connectivity index (χ4n) is 7.25. The second-order valence-corrected chi connectivity index (χ2v) is 19.4. The highest BCUT2D eigenvalue weighted by Gasteiger charge is 2.36. The number of rotatable bonds is 35. The fraction of sp³-hybridized carbons (Fsp3) is 0.633. The van der Waals surface area contributed by atoms with Crippen LogP contribution >= 0.6 is 0 Å². The van der Waals surface area contributed by atoms with Crippen molar-refractivity contribution in [3.63, 3.8) is 0 Å². The molecule has 0 fully saturated rings. The van der Waals surface area contributed by atoms with Crippen LogP contribution in [-0.2, 0) is 64.0 Å². The maximum absolute atomic E-state index is 13.7. The summed E-state index contributed by atoms with van der Waals surface area (Å²) >= 11 is 0. The minimum atomic E-state index is -1.86.